The number of anilines is 1. The van der Waals surface area contributed by atoms with Crippen LogP contribution < -0.4 is 5.73 Å². The molecule has 0 aliphatic heterocycles. The average Bonchev–Trinajstić information content (AvgIpc) is 2.84. The third-order valence-corrected chi connectivity index (χ3v) is 5.33. The molecule has 6 nitrogen and oxygen atoms in total. The van der Waals surface area contributed by atoms with Gasteiger partial charge in [0.1, 0.15) is 5.82 Å². The molecule has 0 radical (unpaired) electrons. The van der Waals surface area contributed by atoms with E-state index in [1.165, 1.54) is 10.4 Å². The minimum absolute atomic E-state index is 0.212. The molecule has 0 bridgehead atoms. The predicted octanol–water partition coefficient (Wildman–Crippen LogP) is 1.39. The number of sulfonamides is 1. The first-order valence-electron chi connectivity index (χ1n) is 6.67. The second-order valence-electron chi connectivity index (χ2n) is 4.94. The Balaban J connectivity index is 2.37. The standard InChI is InChI=1S/C14H20N4O2S/c1-4-11-5-6-12(15)9-13(11)21(19,20)18(3)10-14-16-7-8-17(14)2/h5-9H,4,10,15H2,1-3H3. The van der Waals surface area contributed by atoms with E-state index in [-0.39, 0.29) is 11.4 Å². The minimum Gasteiger partial charge on any atom is -0.399 e. The molecule has 0 amide bonds. The van der Waals surface area contributed by atoms with Crippen molar-refractivity contribution < 1.29 is 8.42 Å². The minimum atomic E-state index is -3.60. The Hall–Kier alpha value is -1.86. The normalized spacial score (nSPS) is 12.0. The van der Waals surface area contributed by atoms with E-state index in [2.05, 4.69) is 4.98 Å². The number of imidazole rings is 1. The van der Waals surface area contributed by atoms with Gasteiger partial charge in [-0.1, -0.05) is 13.0 Å². The van der Waals surface area contributed by atoms with E-state index < -0.39 is 10.0 Å². The summed E-state index contributed by atoms with van der Waals surface area (Å²) in [6, 6.07) is 5.00. The van der Waals surface area contributed by atoms with Gasteiger partial charge in [0.2, 0.25) is 10.0 Å². The molecule has 0 saturated carbocycles. The van der Waals surface area contributed by atoms with E-state index >= 15 is 0 Å². The Labute approximate surface area is 125 Å². The molecular formula is C14H20N4O2S. The molecule has 0 unspecified atom stereocenters. The molecule has 2 N–H and O–H groups in total. The van der Waals surface area contributed by atoms with Crippen LogP contribution in [0.3, 0.4) is 0 Å². The van der Waals surface area contributed by atoms with Gasteiger partial charge in [0, 0.05) is 32.2 Å². The van der Waals surface area contributed by atoms with Gasteiger partial charge < -0.3 is 10.3 Å². The van der Waals surface area contributed by atoms with Crippen molar-refractivity contribution >= 4 is 15.7 Å². The zero-order valence-electron chi connectivity index (χ0n) is 12.4. The van der Waals surface area contributed by atoms with Crippen LogP contribution in [0.2, 0.25) is 0 Å². The highest BCUT2D eigenvalue weighted by Crippen LogP contribution is 2.23. The van der Waals surface area contributed by atoms with E-state index in [1.807, 2.05) is 14.0 Å². The summed E-state index contributed by atoms with van der Waals surface area (Å²) in [7, 11) is -0.215. The quantitative estimate of drug-likeness (QED) is 0.846. The molecule has 1 heterocycles. The summed E-state index contributed by atoms with van der Waals surface area (Å²) in [5, 5.41) is 0. The van der Waals surface area contributed by atoms with Crippen LogP contribution in [0, 0.1) is 0 Å². The van der Waals surface area contributed by atoms with Gasteiger partial charge in [-0.25, -0.2) is 13.4 Å². The zero-order chi connectivity index (χ0) is 15.6. The Morgan fingerprint density at radius 1 is 1.38 bits per heavy atom. The van der Waals surface area contributed by atoms with Crippen LogP contribution in [-0.4, -0.2) is 29.3 Å². The van der Waals surface area contributed by atoms with Crippen molar-refractivity contribution in [1.82, 2.24) is 13.9 Å². The first-order chi connectivity index (χ1) is 9.86. The lowest BCUT2D eigenvalue weighted by molar-refractivity contribution is 0.450. The molecule has 0 aliphatic rings. The van der Waals surface area contributed by atoms with Crippen molar-refractivity contribution in [3.8, 4) is 0 Å². The monoisotopic (exact) mass is 308 g/mol. The summed E-state index contributed by atoms with van der Waals surface area (Å²) in [5.41, 5.74) is 6.94. The Morgan fingerprint density at radius 2 is 2.10 bits per heavy atom. The van der Waals surface area contributed by atoms with Gasteiger partial charge >= 0.3 is 0 Å². The summed E-state index contributed by atoms with van der Waals surface area (Å²) in [6.07, 6.45) is 4.06. The number of hydrogen-bond donors (Lipinski definition) is 1. The first-order valence-corrected chi connectivity index (χ1v) is 8.11. The third kappa shape index (κ3) is 3.08. The summed E-state index contributed by atoms with van der Waals surface area (Å²) < 4.78 is 28.6. The number of hydrogen-bond acceptors (Lipinski definition) is 4. The lowest BCUT2D eigenvalue weighted by Crippen LogP contribution is -2.28. The van der Waals surface area contributed by atoms with Gasteiger partial charge in [-0.3, -0.25) is 0 Å². The Bertz CT molecular complexity index is 737. The Kier molecular flexibility index (Phi) is 4.34. The fraction of sp³-hybridized carbons (Fsp3) is 0.357. The number of nitrogens with two attached hydrogens (primary N) is 1. The van der Waals surface area contributed by atoms with E-state index in [0.29, 0.717) is 17.9 Å². The molecule has 0 atom stereocenters. The van der Waals surface area contributed by atoms with Crippen molar-refractivity contribution in [2.75, 3.05) is 12.8 Å². The molecule has 0 fully saturated rings. The average molecular weight is 308 g/mol. The molecule has 0 saturated heterocycles. The number of rotatable bonds is 5. The molecule has 114 valence electrons. The summed E-state index contributed by atoms with van der Waals surface area (Å²) in [4.78, 5) is 4.42. The van der Waals surface area contributed by atoms with Gasteiger partial charge in [0.25, 0.3) is 0 Å². The molecule has 1 aromatic carbocycles. The molecule has 2 aromatic rings. The topological polar surface area (TPSA) is 81.2 Å². The second kappa shape index (κ2) is 5.87. The third-order valence-electron chi connectivity index (χ3n) is 3.45. The summed E-state index contributed by atoms with van der Waals surface area (Å²) >= 11 is 0. The molecule has 21 heavy (non-hydrogen) atoms. The molecule has 1 aromatic heterocycles. The van der Waals surface area contributed by atoms with E-state index in [1.54, 1.807) is 36.1 Å². The van der Waals surface area contributed by atoms with Crippen molar-refractivity contribution in [3.63, 3.8) is 0 Å². The molecule has 0 spiro atoms. The zero-order valence-corrected chi connectivity index (χ0v) is 13.3. The van der Waals surface area contributed by atoms with E-state index in [9.17, 15) is 8.42 Å². The van der Waals surface area contributed by atoms with E-state index in [0.717, 1.165) is 5.56 Å². The maximum atomic E-state index is 12.7. The predicted molar refractivity (Wildman–Crippen MR) is 82.1 cm³/mol. The van der Waals surface area contributed by atoms with Crippen molar-refractivity contribution in [1.29, 1.82) is 0 Å². The van der Waals surface area contributed by atoms with Crippen molar-refractivity contribution in [3.05, 3.63) is 42.0 Å². The Morgan fingerprint density at radius 3 is 2.67 bits per heavy atom. The highest BCUT2D eigenvalue weighted by molar-refractivity contribution is 7.89. The van der Waals surface area contributed by atoms with Gasteiger partial charge in [0.15, 0.2) is 0 Å². The molecular weight excluding hydrogens is 288 g/mol. The first kappa shape index (κ1) is 15.5. The fourth-order valence-electron chi connectivity index (χ4n) is 2.10. The van der Waals surface area contributed by atoms with Gasteiger partial charge in [0.05, 0.1) is 11.4 Å². The highest BCUT2D eigenvalue weighted by atomic mass is 32.2. The van der Waals surface area contributed by atoms with Crippen LogP contribution in [0.1, 0.15) is 18.3 Å². The summed E-state index contributed by atoms with van der Waals surface area (Å²) in [5.74, 6) is 0.683. The van der Waals surface area contributed by atoms with Crippen LogP contribution >= 0.6 is 0 Å². The number of nitrogen functional groups attached to an aromatic ring is 1. The van der Waals surface area contributed by atoms with Crippen LogP contribution in [-0.2, 0) is 30.0 Å². The molecule has 0 aliphatic carbocycles. The van der Waals surface area contributed by atoms with Crippen LogP contribution in [0.4, 0.5) is 5.69 Å². The largest absolute Gasteiger partial charge is 0.399 e. The lowest BCUT2D eigenvalue weighted by atomic mass is 10.1. The summed E-state index contributed by atoms with van der Waals surface area (Å²) in [6.45, 7) is 2.13. The van der Waals surface area contributed by atoms with E-state index in [4.69, 9.17) is 5.73 Å². The van der Waals surface area contributed by atoms with Crippen molar-refractivity contribution in [2.24, 2.45) is 7.05 Å². The van der Waals surface area contributed by atoms with Gasteiger partial charge in [-0.05, 0) is 24.1 Å². The van der Waals surface area contributed by atoms with Gasteiger partial charge in [-0.2, -0.15) is 4.31 Å². The highest BCUT2D eigenvalue weighted by Gasteiger charge is 2.24. The number of aryl methyl sites for hydroxylation is 2. The number of benzene rings is 1. The van der Waals surface area contributed by atoms with Crippen LogP contribution in [0.15, 0.2) is 35.5 Å². The SMILES string of the molecule is CCc1ccc(N)cc1S(=O)(=O)N(C)Cc1nccn1C. The molecule has 2 rings (SSSR count). The van der Waals surface area contributed by atoms with Crippen LogP contribution in [0.25, 0.3) is 0 Å². The fourth-order valence-corrected chi connectivity index (χ4v) is 3.55. The number of nitrogens with zero attached hydrogens (tertiary/aromatic N) is 3. The second-order valence-corrected chi connectivity index (χ2v) is 6.95. The lowest BCUT2D eigenvalue weighted by Gasteiger charge is -2.19. The maximum absolute atomic E-state index is 12.7. The smallest absolute Gasteiger partial charge is 0.243 e. The number of aromatic nitrogens is 2. The molecule has 7 heteroatoms. The van der Waals surface area contributed by atoms with Crippen LogP contribution in [0.5, 0.6) is 0 Å². The maximum Gasteiger partial charge on any atom is 0.243 e. The van der Waals surface area contributed by atoms with Crippen molar-refractivity contribution in [2.45, 2.75) is 24.8 Å². The van der Waals surface area contributed by atoms with Gasteiger partial charge in [-0.15, -0.1) is 0 Å².